The van der Waals surface area contributed by atoms with Crippen LogP contribution in [0.25, 0.3) is 0 Å². The second-order valence-electron chi connectivity index (χ2n) is 4.40. The van der Waals surface area contributed by atoms with E-state index in [1.54, 1.807) is 32.0 Å². The highest BCUT2D eigenvalue weighted by Crippen LogP contribution is 2.16. The van der Waals surface area contributed by atoms with Crippen LogP contribution in [0.1, 0.15) is 29.8 Å². The fourth-order valence-electron chi connectivity index (χ4n) is 1.25. The van der Waals surface area contributed by atoms with Crippen molar-refractivity contribution in [2.24, 2.45) is 5.73 Å². The van der Waals surface area contributed by atoms with Crippen LogP contribution in [0.15, 0.2) is 18.2 Å². The molecular weight excluding hydrogens is 256 g/mol. The maximum Gasteiger partial charge on any atom is 0.252 e. The molecular formula is C12H15ClN2OS. The molecule has 0 aromatic heterocycles. The zero-order chi connectivity index (χ0) is 13.2. The normalized spacial score (nSPS) is 11.1. The van der Waals surface area contributed by atoms with Crippen molar-refractivity contribution in [2.45, 2.75) is 26.3 Å². The monoisotopic (exact) mass is 270 g/mol. The van der Waals surface area contributed by atoms with Crippen LogP contribution >= 0.6 is 23.8 Å². The summed E-state index contributed by atoms with van der Waals surface area (Å²) < 4.78 is 0. The molecule has 0 saturated carbocycles. The summed E-state index contributed by atoms with van der Waals surface area (Å²) in [5, 5.41) is 3.30. The molecule has 0 fully saturated rings. The summed E-state index contributed by atoms with van der Waals surface area (Å²) in [5.41, 5.74) is 6.22. The highest BCUT2D eigenvalue weighted by molar-refractivity contribution is 7.80. The Hall–Kier alpha value is -1.13. The number of rotatable bonds is 3. The maximum absolute atomic E-state index is 12.1. The molecule has 0 aliphatic heterocycles. The Kier molecular flexibility index (Phi) is 4.11. The van der Waals surface area contributed by atoms with Crippen molar-refractivity contribution in [1.82, 2.24) is 5.32 Å². The molecule has 1 rings (SSSR count). The standard InChI is InChI=1S/C12H15ClN2OS/c1-7-4-5-8(13)6-9(7)10(16)15-12(2,3)11(14)17/h4-6H,1-3H3,(H2,14,17)(H,15,16). The molecule has 17 heavy (non-hydrogen) atoms. The van der Waals surface area contributed by atoms with Gasteiger partial charge in [0.15, 0.2) is 0 Å². The van der Waals surface area contributed by atoms with Crippen molar-refractivity contribution < 1.29 is 4.79 Å². The average molecular weight is 271 g/mol. The number of hydrogen-bond acceptors (Lipinski definition) is 2. The first-order chi connectivity index (χ1) is 7.74. The number of hydrogen-bond donors (Lipinski definition) is 2. The minimum atomic E-state index is -0.721. The van der Waals surface area contributed by atoms with E-state index in [1.807, 2.05) is 6.92 Å². The molecule has 5 heteroatoms. The molecule has 0 heterocycles. The summed E-state index contributed by atoms with van der Waals surface area (Å²) in [6, 6.07) is 5.17. The molecule has 0 atom stereocenters. The first kappa shape index (κ1) is 13.9. The van der Waals surface area contributed by atoms with Crippen molar-refractivity contribution >= 4 is 34.7 Å². The van der Waals surface area contributed by atoms with Gasteiger partial charge in [0.1, 0.15) is 0 Å². The van der Waals surface area contributed by atoms with Crippen molar-refractivity contribution in [1.29, 1.82) is 0 Å². The van der Waals surface area contributed by atoms with E-state index in [4.69, 9.17) is 29.6 Å². The lowest BCUT2D eigenvalue weighted by atomic mass is 10.0. The van der Waals surface area contributed by atoms with E-state index in [0.29, 0.717) is 10.6 Å². The molecule has 0 bridgehead atoms. The van der Waals surface area contributed by atoms with Gasteiger partial charge in [-0.1, -0.05) is 29.9 Å². The molecule has 0 saturated heterocycles. The van der Waals surface area contributed by atoms with Crippen molar-refractivity contribution in [3.05, 3.63) is 34.3 Å². The van der Waals surface area contributed by atoms with Crippen LogP contribution in [0.2, 0.25) is 5.02 Å². The molecule has 0 aliphatic carbocycles. The van der Waals surface area contributed by atoms with Crippen LogP contribution in [-0.2, 0) is 0 Å². The number of nitrogens with two attached hydrogens (primary N) is 1. The van der Waals surface area contributed by atoms with E-state index in [-0.39, 0.29) is 10.9 Å². The zero-order valence-corrected chi connectivity index (χ0v) is 11.6. The fourth-order valence-corrected chi connectivity index (χ4v) is 1.47. The highest BCUT2D eigenvalue weighted by Gasteiger charge is 2.24. The van der Waals surface area contributed by atoms with Crippen LogP contribution in [0.4, 0.5) is 0 Å². The predicted octanol–water partition coefficient (Wildman–Crippen LogP) is 2.44. The molecule has 0 unspecified atom stereocenters. The molecule has 0 radical (unpaired) electrons. The van der Waals surface area contributed by atoms with Gasteiger partial charge in [0, 0.05) is 10.6 Å². The Bertz CT molecular complexity index is 472. The SMILES string of the molecule is Cc1ccc(Cl)cc1C(=O)NC(C)(C)C(N)=S. The molecule has 0 spiro atoms. The Labute approximate surface area is 111 Å². The Morgan fingerprint density at radius 2 is 2.06 bits per heavy atom. The van der Waals surface area contributed by atoms with Crippen molar-refractivity contribution in [3.63, 3.8) is 0 Å². The smallest absolute Gasteiger partial charge is 0.252 e. The van der Waals surface area contributed by atoms with Crippen molar-refractivity contribution in [3.8, 4) is 0 Å². The maximum atomic E-state index is 12.1. The van der Waals surface area contributed by atoms with Crippen LogP contribution < -0.4 is 11.1 Å². The van der Waals surface area contributed by atoms with E-state index in [9.17, 15) is 4.79 Å². The van der Waals surface area contributed by atoms with Gasteiger partial charge in [0.25, 0.3) is 5.91 Å². The lowest BCUT2D eigenvalue weighted by molar-refractivity contribution is 0.0931. The topological polar surface area (TPSA) is 55.1 Å². The number of carbonyl (C=O) groups excluding carboxylic acids is 1. The molecule has 3 nitrogen and oxygen atoms in total. The summed E-state index contributed by atoms with van der Waals surface area (Å²) in [5.74, 6) is -0.234. The van der Waals surface area contributed by atoms with E-state index < -0.39 is 5.54 Å². The van der Waals surface area contributed by atoms with Crippen molar-refractivity contribution in [2.75, 3.05) is 0 Å². The molecule has 1 aromatic rings. The minimum absolute atomic E-state index is 0.234. The van der Waals surface area contributed by atoms with Gasteiger partial charge >= 0.3 is 0 Å². The number of nitrogens with one attached hydrogen (secondary N) is 1. The van der Waals surface area contributed by atoms with Gasteiger partial charge in [-0.3, -0.25) is 4.79 Å². The van der Waals surface area contributed by atoms with E-state index in [2.05, 4.69) is 5.32 Å². The first-order valence-corrected chi connectivity index (χ1v) is 5.91. The van der Waals surface area contributed by atoms with Gasteiger partial charge in [-0.2, -0.15) is 0 Å². The molecule has 3 N–H and O–H groups in total. The van der Waals surface area contributed by atoms with Crippen LogP contribution in [0, 0.1) is 6.92 Å². The number of thiocarbonyl (C=S) groups is 1. The predicted molar refractivity (Wildman–Crippen MR) is 74.5 cm³/mol. The third-order valence-corrected chi connectivity index (χ3v) is 3.23. The van der Waals surface area contributed by atoms with E-state index in [1.165, 1.54) is 0 Å². The second-order valence-corrected chi connectivity index (χ2v) is 5.28. The van der Waals surface area contributed by atoms with Gasteiger partial charge in [-0.05, 0) is 38.5 Å². The van der Waals surface area contributed by atoms with Crippen LogP contribution in [0.3, 0.4) is 0 Å². The van der Waals surface area contributed by atoms with E-state index >= 15 is 0 Å². The Balaban J connectivity index is 2.98. The third kappa shape index (κ3) is 3.41. The van der Waals surface area contributed by atoms with Crippen LogP contribution in [0.5, 0.6) is 0 Å². The number of aryl methyl sites for hydroxylation is 1. The summed E-state index contributed by atoms with van der Waals surface area (Å²) in [7, 11) is 0. The van der Waals surface area contributed by atoms with Crippen LogP contribution in [-0.4, -0.2) is 16.4 Å². The zero-order valence-electron chi connectivity index (χ0n) is 10.0. The highest BCUT2D eigenvalue weighted by atomic mass is 35.5. The largest absolute Gasteiger partial charge is 0.391 e. The number of amides is 1. The summed E-state index contributed by atoms with van der Waals surface area (Å²) >= 11 is 10.8. The van der Waals surface area contributed by atoms with Gasteiger partial charge in [-0.25, -0.2) is 0 Å². The van der Waals surface area contributed by atoms with Gasteiger partial charge in [0.05, 0.1) is 10.5 Å². The van der Waals surface area contributed by atoms with Gasteiger partial charge in [-0.15, -0.1) is 0 Å². The molecule has 1 aromatic carbocycles. The molecule has 0 aliphatic rings. The Morgan fingerprint density at radius 3 is 2.59 bits per heavy atom. The molecule has 92 valence electrons. The lowest BCUT2D eigenvalue weighted by Gasteiger charge is -2.25. The number of carbonyl (C=O) groups is 1. The quantitative estimate of drug-likeness (QED) is 0.830. The van der Waals surface area contributed by atoms with Gasteiger partial charge in [0.2, 0.25) is 0 Å². The minimum Gasteiger partial charge on any atom is -0.391 e. The summed E-state index contributed by atoms with van der Waals surface area (Å²) in [4.78, 5) is 12.3. The summed E-state index contributed by atoms with van der Waals surface area (Å²) in [6.45, 7) is 5.36. The second kappa shape index (κ2) is 5.02. The molecule has 1 amide bonds. The Morgan fingerprint density at radius 1 is 1.47 bits per heavy atom. The summed E-state index contributed by atoms with van der Waals surface area (Å²) in [6.07, 6.45) is 0. The van der Waals surface area contributed by atoms with E-state index in [0.717, 1.165) is 5.56 Å². The number of halogens is 1. The van der Waals surface area contributed by atoms with Gasteiger partial charge < -0.3 is 11.1 Å². The first-order valence-electron chi connectivity index (χ1n) is 5.12. The fraction of sp³-hybridized carbons (Fsp3) is 0.333. The lowest BCUT2D eigenvalue weighted by Crippen LogP contribution is -2.52. The number of benzene rings is 1. The third-order valence-electron chi connectivity index (χ3n) is 2.49. The average Bonchev–Trinajstić information content (AvgIpc) is 2.20.